The zero-order chi connectivity index (χ0) is 13.7. The molecule has 0 saturated heterocycles. The predicted octanol–water partition coefficient (Wildman–Crippen LogP) is 3.00. The molecule has 4 heteroatoms. The van der Waals surface area contributed by atoms with Gasteiger partial charge in [0.15, 0.2) is 0 Å². The van der Waals surface area contributed by atoms with Crippen LogP contribution in [-0.2, 0) is 4.79 Å². The lowest BCUT2D eigenvalue weighted by atomic mass is 9.94. The van der Waals surface area contributed by atoms with Gasteiger partial charge in [0, 0.05) is 11.7 Å². The van der Waals surface area contributed by atoms with E-state index in [9.17, 15) is 9.90 Å². The first-order valence-corrected chi connectivity index (χ1v) is 6.70. The molecule has 19 heavy (non-hydrogen) atoms. The maximum Gasteiger partial charge on any atom is 0.308 e. The number of anilines is 1. The van der Waals surface area contributed by atoms with Crippen LogP contribution in [0.5, 0.6) is 0 Å². The van der Waals surface area contributed by atoms with Gasteiger partial charge in [-0.3, -0.25) is 4.79 Å². The average Bonchev–Trinajstić information content (AvgIpc) is 2.65. The number of hydrogen-bond acceptors (Lipinski definition) is 3. The molecule has 2 unspecified atom stereocenters. The molecule has 0 heterocycles. The van der Waals surface area contributed by atoms with Gasteiger partial charge in [-0.05, 0) is 37.1 Å². The van der Waals surface area contributed by atoms with E-state index in [0.29, 0.717) is 5.56 Å². The van der Waals surface area contributed by atoms with E-state index in [4.69, 9.17) is 5.26 Å². The minimum absolute atomic E-state index is 0.0204. The Morgan fingerprint density at radius 2 is 1.89 bits per heavy atom. The van der Waals surface area contributed by atoms with Gasteiger partial charge in [0.25, 0.3) is 0 Å². The molecular weight excluding hydrogens is 240 g/mol. The van der Waals surface area contributed by atoms with Gasteiger partial charge in [0.2, 0.25) is 0 Å². The molecular formula is C15H18N2O2. The molecule has 1 saturated carbocycles. The van der Waals surface area contributed by atoms with Gasteiger partial charge < -0.3 is 10.4 Å². The lowest BCUT2D eigenvalue weighted by Gasteiger charge is -2.24. The molecule has 0 bridgehead atoms. The van der Waals surface area contributed by atoms with Crippen molar-refractivity contribution in [2.45, 2.75) is 38.1 Å². The highest BCUT2D eigenvalue weighted by atomic mass is 16.4. The number of nitrogens with one attached hydrogen (secondary N) is 1. The molecule has 1 fully saturated rings. The van der Waals surface area contributed by atoms with E-state index in [0.717, 1.165) is 37.8 Å². The first-order chi connectivity index (χ1) is 9.20. The van der Waals surface area contributed by atoms with Crippen LogP contribution < -0.4 is 5.32 Å². The summed E-state index contributed by atoms with van der Waals surface area (Å²) < 4.78 is 0. The van der Waals surface area contributed by atoms with Gasteiger partial charge in [0.1, 0.15) is 0 Å². The quantitative estimate of drug-likeness (QED) is 0.817. The summed E-state index contributed by atoms with van der Waals surface area (Å²) in [7, 11) is 0. The van der Waals surface area contributed by atoms with Gasteiger partial charge in [-0.1, -0.05) is 19.3 Å². The third-order valence-corrected chi connectivity index (χ3v) is 3.70. The van der Waals surface area contributed by atoms with Gasteiger partial charge in [-0.25, -0.2) is 0 Å². The van der Waals surface area contributed by atoms with Crippen molar-refractivity contribution in [2.75, 3.05) is 5.32 Å². The smallest absolute Gasteiger partial charge is 0.308 e. The second-order valence-corrected chi connectivity index (χ2v) is 5.02. The first kappa shape index (κ1) is 13.4. The van der Waals surface area contributed by atoms with Crippen molar-refractivity contribution in [3.63, 3.8) is 0 Å². The predicted molar refractivity (Wildman–Crippen MR) is 72.8 cm³/mol. The van der Waals surface area contributed by atoms with Crippen molar-refractivity contribution in [2.24, 2.45) is 5.92 Å². The van der Waals surface area contributed by atoms with Crippen LogP contribution in [0.3, 0.4) is 0 Å². The lowest BCUT2D eigenvalue weighted by molar-refractivity contribution is -0.142. The summed E-state index contributed by atoms with van der Waals surface area (Å²) in [6.45, 7) is 0. The molecule has 0 radical (unpaired) electrons. The lowest BCUT2D eigenvalue weighted by Crippen LogP contribution is -2.33. The molecule has 4 nitrogen and oxygen atoms in total. The summed E-state index contributed by atoms with van der Waals surface area (Å²) in [6, 6.07) is 9.21. The molecule has 2 atom stereocenters. The highest BCUT2D eigenvalue weighted by molar-refractivity contribution is 5.71. The maximum absolute atomic E-state index is 11.3. The highest BCUT2D eigenvalue weighted by Crippen LogP contribution is 2.26. The van der Waals surface area contributed by atoms with Gasteiger partial charge in [-0.2, -0.15) is 5.26 Å². The summed E-state index contributed by atoms with van der Waals surface area (Å²) in [5, 5.41) is 21.4. The van der Waals surface area contributed by atoms with E-state index in [1.54, 1.807) is 12.1 Å². The van der Waals surface area contributed by atoms with Crippen LogP contribution in [0.2, 0.25) is 0 Å². The molecule has 0 spiro atoms. The molecule has 1 aliphatic carbocycles. The van der Waals surface area contributed by atoms with E-state index in [1.807, 2.05) is 12.1 Å². The summed E-state index contributed by atoms with van der Waals surface area (Å²) in [5.74, 6) is -1.04. The molecule has 0 aliphatic heterocycles. The Bertz CT molecular complexity index is 476. The molecule has 100 valence electrons. The third kappa shape index (κ3) is 3.47. The SMILES string of the molecule is N#Cc1ccc(NC2CCCCCC2C(=O)O)cc1. The van der Waals surface area contributed by atoms with E-state index in [1.165, 1.54) is 0 Å². The van der Waals surface area contributed by atoms with Crippen LogP contribution in [0.25, 0.3) is 0 Å². The highest BCUT2D eigenvalue weighted by Gasteiger charge is 2.29. The van der Waals surface area contributed by atoms with Crippen molar-refractivity contribution in [1.29, 1.82) is 5.26 Å². The number of carboxylic acids is 1. The second kappa shape index (κ2) is 6.24. The second-order valence-electron chi connectivity index (χ2n) is 5.02. The molecule has 1 aromatic rings. The fraction of sp³-hybridized carbons (Fsp3) is 0.467. The van der Waals surface area contributed by atoms with Crippen LogP contribution in [0, 0.1) is 17.2 Å². The Labute approximate surface area is 113 Å². The Morgan fingerprint density at radius 1 is 1.21 bits per heavy atom. The van der Waals surface area contributed by atoms with Crippen LogP contribution >= 0.6 is 0 Å². The van der Waals surface area contributed by atoms with E-state index < -0.39 is 5.97 Å². The fourth-order valence-electron chi connectivity index (χ4n) is 2.63. The van der Waals surface area contributed by atoms with Gasteiger partial charge in [-0.15, -0.1) is 0 Å². The number of hydrogen-bond donors (Lipinski definition) is 2. The molecule has 1 aromatic carbocycles. The molecule has 2 rings (SSSR count). The van der Waals surface area contributed by atoms with Crippen molar-refractivity contribution >= 4 is 11.7 Å². The zero-order valence-electron chi connectivity index (χ0n) is 10.8. The number of aliphatic carboxylic acids is 1. The zero-order valence-corrected chi connectivity index (χ0v) is 10.8. The Morgan fingerprint density at radius 3 is 2.53 bits per heavy atom. The largest absolute Gasteiger partial charge is 0.481 e. The standard InChI is InChI=1S/C15H18N2O2/c16-10-11-6-8-12(9-7-11)17-14-5-3-1-2-4-13(14)15(18)19/h6-9,13-14,17H,1-5H2,(H,18,19). The van der Waals surface area contributed by atoms with Gasteiger partial charge in [0.05, 0.1) is 17.6 Å². The van der Waals surface area contributed by atoms with E-state index >= 15 is 0 Å². The minimum atomic E-state index is -0.715. The van der Waals surface area contributed by atoms with Crippen LogP contribution in [0.4, 0.5) is 5.69 Å². The van der Waals surface area contributed by atoms with Crippen molar-refractivity contribution in [3.05, 3.63) is 29.8 Å². The first-order valence-electron chi connectivity index (χ1n) is 6.70. The fourth-order valence-corrected chi connectivity index (χ4v) is 2.63. The van der Waals surface area contributed by atoms with E-state index in [2.05, 4.69) is 11.4 Å². The average molecular weight is 258 g/mol. The number of nitrogens with zero attached hydrogens (tertiary/aromatic N) is 1. The van der Waals surface area contributed by atoms with Crippen molar-refractivity contribution in [1.82, 2.24) is 0 Å². The summed E-state index contributed by atoms with van der Waals surface area (Å²) in [6.07, 6.45) is 4.79. The molecule has 0 amide bonds. The van der Waals surface area contributed by atoms with E-state index in [-0.39, 0.29) is 12.0 Å². The minimum Gasteiger partial charge on any atom is -0.481 e. The maximum atomic E-state index is 11.3. The molecule has 2 N–H and O–H groups in total. The number of benzene rings is 1. The Hall–Kier alpha value is -2.02. The third-order valence-electron chi connectivity index (χ3n) is 3.70. The number of carbonyl (C=O) groups is 1. The van der Waals surface area contributed by atoms with Gasteiger partial charge >= 0.3 is 5.97 Å². The van der Waals surface area contributed by atoms with Crippen molar-refractivity contribution < 1.29 is 9.90 Å². The van der Waals surface area contributed by atoms with Crippen LogP contribution in [-0.4, -0.2) is 17.1 Å². The van der Waals surface area contributed by atoms with Crippen molar-refractivity contribution in [3.8, 4) is 6.07 Å². The Kier molecular flexibility index (Phi) is 4.40. The van der Waals surface area contributed by atoms with Crippen LogP contribution in [0.15, 0.2) is 24.3 Å². The topological polar surface area (TPSA) is 73.1 Å². The van der Waals surface area contributed by atoms with Crippen LogP contribution in [0.1, 0.15) is 37.7 Å². The summed E-state index contributed by atoms with van der Waals surface area (Å²) >= 11 is 0. The Balaban J connectivity index is 2.09. The molecule has 1 aliphatic rings. The number of carboxylic acid groups (broad SMARTS) is 1. The summed E-state index contributed by atoms with van der Waals surface area (Å²) in [4.78, 5) is 11.3. The summed E-state index contributed by atoms with van der Waals surface area (Å²) in [5.41, 5.74) is 1.50. The monoisotopic (exact) mass is 258 g/mol. The normalized spacial score (nSPS) is 23.1. The molecule has 0 aromatic heterocycles. The number of rotatable bonds is 3. The number of nitriles is 1.